The van der Waals surface area contributed by atoms with Crippen molar-refractivity contribution in [1.29, 1.82) is 0 Å². The van der Waals surface area contributed by atoms with Crippen LogP contribution < -0.4 is 0 Å². The molecule has 2 rings (SSSR count). The molecule has 0 fully saturated rings. The summed E-state index contributed by atoms with van der Waals surface area (Å²) in [5.74, 6) is 0.552. The molecule has 16 heavy (non-hydrogen) atoms. The molecule has 0 spiro atoms. The number of carbonyl (C=O) groups excluding carboxylic acids is 1. The molecule has 0 aliphatic heterocycles. The number of amides is 1. The topological polar surface area (TPSA) is 51.0 Å². The van der Waals surface area contributed by atoms with Gasteiger partial charge in [-0.2, -0.15) is 4.68 Å². The van der Waals surface area contributed by atoms with Crippen LogP contribution in [0, 0.1) is 0 Å². The van der Waals surface area contributed by atoms with E-state index in [1.807, 2.05) is 30.3 Å². The second-order valence-electron chi connectivity index (χ2n) is 3.56. The van der Waals surface area contributed by atoms with Crippen LogP contribution >= 0.6 is 0 Å². The van der Waals surface area contributed by atoms with E-state index in [9.17, 15) is 4.79 Å². The van der Waals surface area contributed by atoms with Gasteiger partial charge in [-0.25, -0.2) is 9.78 Å². The lowest BCUT2D eigenvalue weighted by Crippen LogP contribution is -2.27. The number of hydrogen-bond acceptors (Lipinski definition) is 3. The molecule has 0 aliphatic rings. The quantitative estimate of drug-likeness (QED) is 0.725. The fraction of sp³-hybridized carbons (Fsp3) is 0.182. The standard InChI is InChI=1S/C11H12N4O/c1-14(2)11(16)15-8-12-10(13-15)9-6-4-3-5-7-9/h3-8H,1-2H3. The van der Waals surface area contributed by atoms with Crippen LogP contribution in [-0.4, -0.2) is 39.8 Å². The van der Waals surface area contributed by atoms with Crippen LogP contribution in [0.1, 0.15) is 0 Å². The number of nitrogens with zero attached hydrogens (tertiary/aromatic N) is 4. The lowest BCUT2D eigenvalue weighted by atomic mass is 10.2. The summed E-state index contributed by atoms with van der Waals surface area (Å²) < 4.78 is 1.22. The summed E-state index contributed by atoms with van der Waals surface area (Å²) in [6, 6.07) is 9.33. The van der Waals surface area contributed by atoms with Crippen LogP contribution in [0.15, 0.2) is 36.7 Å². The third kappa shape index (κ3) is 1.93. The van der Waals surface area contributed by atoms with Gasteiger partial charge in [0.05, 0.1) is 0 Å². The van der Waals surface area contributed by atoms with Crippen LogP contribution in [0.5, 0.6) is 0 Å². The van der Waals surface area contributed by atoms with Gasteiger partial charge in [-0.05, 0) is 0 Å². The summed E-state index contributed by atoms with van der Waals surface area (Å²) in [6.45, 7) is 0. The second kappa shape index (κ2) is 4.14. The van der Waals surface area contributed by atoms with Crippen molar-refractivity contribution in [1.82, 2.24) is 19.7 Å². The van der Waals surface area contributed by atoms with Crippen molar-refractivity contribution in [3.05, 3.63) is 36.7 Å². The van der Waals surface area contributed by atoms with Gasteiger partial charge in [0.25, 0.3) is 0 Å². The Balaban J connectivity index is 2.30. The van der Waals surface area contributed by atoms with Gasteiger partial charge in [-0.15, -0.1) is 5.10 Å². The second-order valence-corrected chi connectivity index (χ2v) is 3.56. The molecular weight excluding hydrogens is 204 g/mol. The van der Waals surface area contributed by atoms with Gasteiger partial charge in [0.15, 0.2) is 5.82 Å². The molecule has 0 N–H and O–H groups in total. The third-order valence-corrected chi connectivity index (χ3v) is 2.10. The SMILES string of the molecule is CN(C)C(=O)n1cnc(-c2ccccc2)n1. The smallest absolute Gasteiger partial charge is 0.329 e. The number of benzene rings is 1. The van der Waals surface area contributed by atoms with Crippen molar-refractivity contribution < 1.29 is 4.79 Å². The first kappa shape index (κ1) is 10.4. The van der Waals surface area contributed by atoms with E-state index in [0.717, 1.165) is 5.56 Å². The molecule has 0 bridgehead atoms. The molecule has 5 heteroatoms. The molecule has 0 saturated carbocycles. The highest BCUT2D eigenvalue weighted by Gasteiger charge is 2.10. The summed E-state index contributed by atoms with van der Waals surface area (Å²) >= 11 is 0. The average Bonchev–Trinajstić information content (AvgIpc) is 2.78. The van der Waals surface area contributed by atoms with Crippen LogP contribution in [0.4, 0.5) is 4.79 Å². The summed E-state index contributed by atoms with van der Waals surface area (Å²) in [6.07, 6.45) is 1.42. The number of aromatic nitrogens is 3. The molecule has 5 nitrogen and oxygen atoms in total. The van der Waals surface area contributed by atoms with Crippen LogP contribution in [0.3, 0.4) is 0 Å². The molecule has 0 saturated heterocycles. The molecule has 1 heterocycles. The van der Waals surface area contributed by atoms with E-state index in [1.165, 1.54) is 15.9 Å². The minimum Gasteiger partial charge on any atom is -0.329 e. The Morgan fingerprint density at radius 3 is 2.56 bits per heavy atom. The van der Waals surface area contributed by atoms with E-state index in [0.29, 0.717) is 5.82 Å². The lowest BCUT2D eigenvalue weighted by molar-refractivity contribution is 0.216. The van der Waals surface area contributed by atoms with Gasteiger partial charge < -0.3 is 4.90 Å². The third-order valence-electron chi connectivity index (χ3n) is 2.10. The van der Waals surface area contributed by atoms with Gasteiger partial charge in [-0.1, -0.05) is 30.3 Å². The van der Waals surface area contributed by atoms with Crippen LogP contribution in [0.2, 0.25) is 0 Å². The predicted octanol–water partition coefficient (Wildman–Crippen LogP) is 1.47. The molecule has 0 atom stereocenters. The van der Waals surface area contributed by atoms with Gasteiger partial charge >= 0.3 is 6.03 Å². The Kier molecular flexibility index (Phi) is 2.68. The van der Waals surface area contributed by atoms with Crippen molar-refractivity contribution >= 4 is 6.03 Å². The maximum Gasteiger partial charge on any atom is 0.345 e. The Bertz CT molecular complexity index is 490. The normalized spacial score (nSPS) is 10.1. The van der Waals surface area contributed by atoms with Crippen molar-refractivity contribution in [3.8, 4) is 11.4 Å². The van der Waals surface area contributed by atoms with Crippen molar-refractivity contribution in [3.63, 3.8) is 0 Å². The first-order valence-corrected chi connectivity index (χ1v) is 4.87. The molecule has 82 valence electrons. The maximum atomic E-state index is 11.6. The molecule has 1 aromatic heterocycles. The van der Waals surface area contributed by atoms with Crippen LogP contribution in [0.25, 0.3) is 11.4 Å². The largest absolute Gasteiger partial charge is 0.345 e. The van der Waals surface area contributed by atoms with E-state index in [2.05, 4.69) is 10.1 Å². The monoisotopic (exact) mass is 216 g/mol. The zero-order valence-electron chi connectivity index (χ0n) is 9.16. The molecular formula is C11H12N4O. The molecule has 2 aromatic rings. The van der Waals surface area contributed by atoms with E-state index < -0.39 is 0 Å². The molecule has 0 radical (unpaired) electrons. The van der Waals surface area contributed by atoms with Crippen LogP contribution in [-0.2, 0) is 0 Å². The highest BCUT2D eigenvalue weighted by atomic mass is 16.2. The first-order valence-electron chi connectivity index (χ1n) is 4.87. The zero-order valence-corrected chi connectivity index (χ0v) is 9.16. The molecule has 1 aromatic carbocycles. The lowest BCUT2D eigenvalue weighted by Gasteiger charge is -2.07. The number of rotatable bonds is 1. The van der Waals surface area contributed by atoms with Gasteiger partial charge in [-0.3, -0.25) is 0 Å². The predicted molar refractivity (Wildman–Crippen MR) is 59.9 cm³/mol. The summed E-state index contributed by atoms with van der Waals surface area (Å²) in [5, 5.41) is 4.12. The number of hydrogen-bond donors (Lipinski definition) is 0. The first-order chi connectivity index (χ1) is 7.68. The van der Waals surface area contributed by atoms with E-state index in [-0.39, 0.29) is 6.03 Å². The Labute approximate surface area is 93.3 Å². The minimum atomic E-state index is -0.213. The highest BCUT2D eigenvalue weighted by molar-refractivity contribution is 5.75. The summed E-state index contributed by atoms with van der Waals surface area (Å²) in [4.78, 5) is 17.1. The molecule has 0 aliphatic carbocycles. The van der Waals surface area contributed by atoms with Crippen molar-refractivity contribution in [2.45, 2.75) is 0 Å². The van der Waals surface area contributed by atoms with E-state index >= 15 is 0 Å². The van der Waals surface area contributed by atoms with Gasteiger partial charge in [0, 0.05) is 19.7 Å². The highest BCUT2D eigenvalue weighted by Crippen LogP contribution is 2.12. The van der Waals surface area contributed by atoms with Gasteiger partial charge in [0.1, 0.15) is 6.33 Å². The molecule has 1 amide bonds. The average molecular weight is 216 g/mol. The van der Waals surface area contributed by atoms with E-state index in [1.54, 1.807) is 14.1 Å². The fourth-order valence-electron chi connectivity index (χ4n) is 1.28. The summed E-state index contributed by atoms with van der Waals surface area (Å²) in [5.41, 5.74) is 0.896. The fourth-order valence-corrected chi connectivity index (χ4v) is 1.28. The van der Waals surface area contributed by atoms with E-state index in [4.69, 9.17) is 0 Å². The zero-order chi connectivity index (χ0) is 11.5. The maximum absolute atomic E-state index is 11.6. The Hall–Kier alpha value is -2.17. The van der Waals surface area contributed by atoms with Crippen molar-refractivity contribution in [2.75, 3.05) is 14.1 Å². The van der Waals surface area contributed by atoms with Gasteiger partial charge in [0.2, 0.25) is 0 Å². The molecule has 0 unspecified atom stereocenters. The Morgan fingerprint density at radius 2 is 1.94 bits per heavy atom. The minimum absolute atomic E-state index is 0.213. The number of carbonyl (C=O) groups is 1. The summed E-state index contributed by atoms with van der Waals surface area (Å²) in [7, 11) is 3.35. The Morgan fingerprint density at radius 1 is 1.25 bits per heavy atom. The van der Waals surface area contributed by atoms with Crippen molar-refractivity contribution in [2.24, 2.45) is 0 Å².